The second-order valence-electron chi connectivity index (χ2n) is 4.71. The molecule has 0 unspecified atom stereocenters. The van der Waals surface area contributed by atoms with Gasteiger partial charge in [0.1, 0.15) is 5.82 Å². The highest BCUT2D eigenvalue weighted by atomic mass is 19.1. The smallest absolute Gasteiger partial charge is 0.335 e. The van der Waals surface area contributed by atoms with Gasteiger partial charge in [-0.2, -0.15) is 0 Å². The molecule has 2 N–H and O–H groups in total. The Hall–Kier alpha value is -3.29. The number of nitro benzene ring substituents is 1. The quantitative estimate of drug-likeness (QED) is 0.665. The van der Waals surface area contributed by atoms with E-state index in [-0.39, 0.29) is 22.5 Å². The fourth-order valence-electron chi connectivity index (χ4n) is 1.90. The standard InChI is InChI=1S/C15H11FN2O5/c1-8-2-3-9(7-13(8)18(22)23)14(19)17-12-6-10(15(20)21)4-5-11(12)16/h2-7H,1H3,(H,17,19)(H,20,21). The summed E-state index contributed by atoms with van der Waals surface area (Å²) in [6.45, 7) is 1.52. The third-order valence-corrected chi connectivity index (χ3v) is 3.13. The molecule has 0 heterocycles. The van der Waals surface area contributed by atoms with E-state index < -0.39 is 22.6 Å². The Labute approximate surface area is 129 Å². The summed E-state index contributed by atoms with van der Waals surface area (Å²) >= 11 is 0. The van der Waals surface area contributed by atoms with Crippen molar-refractivity contribution in [2.45, 2.75) is 6.92 Å². The molecule has 2 rings (SSSR count). The first-order valence-corrected chi connectivity index (χ1v) is 6.39. The molecule has 0 aromatic heterocycles. The maximum absolute atomic E-state index is 13.7. The van der Waals surface area contributed by atoms with Crippen LogP contribution in [0.3, 0.4) is 0 Å². The van der Waals surface area contributed by atoms with E-state index in [2.05, 4.69) is 5.32 Å². The number of hydrogen-bond donors (Lipinski definition) is 2. The van der Waals surface area contributed by atoms with Crippen LogP contribution in [-0.4, -0.2) is 21.9 Å². The molecule has 0 bridgehead atoms. The SMILES string of the molecule is Cc1ccc(C(=O)Nc2cc(C(=O)O)ccc2F)cc1[N+](=O)[O-]. The predicted octanol–water partition coefficient (Wildman–Crippen LogP) is 2.99. The van der Waals surface area contributed by atoms with Crippen molar-refractivity contribution in [2.24, 2.45) is 0 Å². The molecule has 0 fully saturated rings. The van der Waals surface area contributed by atoms with Crippen molar-refractivity contribution in [2.75, 3.05) is 5.32 Å². The fraction of sp³-hybridized carbons (Fsp3) is 0.0667. The Bertz CT molecular complexity index is 820. The van der Waals surface area contributed by atoms with Gasteiger partial charge in [0.05, 0.1) is 16.2 Å². The van der Waals surface area contributed by atoms with Gasteiger partial charge in [0.25, 0.3) is 11.6 Å². The highest BCUT2D eigenvalue weighted by Crippen LogP contribution is 2.21. The second-order valence-corrected chi connectivity index (χ2v) is 4.71. The van der Waals surface area contributed by atoms with E-state index in [1.807, 2.05) is 0 Å². The summed E-state index contributed by atoms with van der Waals surface area (Å²) in [5, 5.41) is 22.0. The van der Waals surface area contributed by atoms with Crippen molar-refractivity contribution in [3.05, 3.63) is 69.0 Å². The first-order chi connectivity index (χ1) is 10.8. The van der Waals surface area contributed by atoms with E-state index in [1.165, 1.54) is 19.1 Å². The number of aromatic carboxylic acids is 1. The minimum Gasteiger partial charge on any atom is -0.478 e. The zero-order valence-corrected chi connectivity index (χ0v) is 11.9. The number of carboxylic acids is 1. The summed E-state index contributed by atoms with van der Waals surface area (Å²) in [4.78, 5) is 33.2. The summed E-state index contributed by atoms with van der Waals surface area (Å²) < 4.78 is 13.7. The van der Waals surface area contributed by atoms with E-state index >= 15 is 0 Å². The van der Waals surface area contributed by atoms with Gasteiger partial charge in [0.2, 0.25) is 0 Å². The molecule has 0 atom stereocenters. The van der Waals surface area contributed by atoms with Crippen LogP contribution in [0.4, 0.5) is 15.8 Å². The maximum atomic E-state index is 13.7. The lowest BCUT2D eigenvalue weighted by Gasteiger charge is -2.08. The Morgan fingerprint density at radius 1 is 1.17 bits per heavy atom. The molecule has 0 aliphatic carbocycles. The number of aryl methyl sites for hydroxylation is 1. The van der Waals surface area contributed by atoms with E-state index in [4.69, 9.17) is 5.11 Å². The molecule has 0 radical (unpaired) electrons. The van der Waals surface area contributed by atoms with Crippen LogP contribution in [-0.2, 0) is 0 Å². The molecule has 0 saturated heterocycles. The van der Waals surface area contributed by atoms with Crippen LogP contribution in [0.2, 0.25) is 0 Å². The average Bonchev–Trinajstić information content (AvgIpc) is 2.49. The van der Waals surface area contributed by atoms with Gasteiger partial charge in [-0.05, 0) is 31.2 Å². The first kappa shape index (κ1) is 16.1. The van der Waals surface area contributed by atoms with Crippen LogP contribution in [0.5, 0.6) is 0 Å². The van der Waals surface area contributed by atoms with Gasteiger partial charge in [-0.1, -0.05) is 6.07 Å². The molecular weight excluding hydrogens is 307 g/mol. The van der Waals surface area contributed by atoms with E-state index in [9.17, 15) is 24.1 Å². The summed E-state index contributed by atoms with van der Waals surface area (Å²) in [6.07, 6.45) is 0. The number of nitrogens with zero attached hydrogens (tertiary/aromatic N) is 1. The van der Waals surface area contributed by atoms with Gasteiger partial charge >= 0.3 is 5.97 Å². The minimum absolute atomic E-state index is 0.0394. The molecular formula is C15H11FN2O5. The van der Waals surface area contributed by atoms with Crippen LogP contribution in [0, 0.1) is 22.9 Å². The van der Waals surface area contributed by atoms with Crippen molar-refractivity contribution in [1.82, 2.24) is 0 Å². The molecule has 2 aromatic carbocycles. The molecule has 7 nitrogen and oxygen atoms in total. The van der Waals surface area contributed by atoms with Crippen LogP contribution >= 0.6 is 0 Å². The van der Waals surface area contributed by atoms with Crippen molar-refractivity contribution in [1.29, 1.82) is 0 Å². The van der Waals surface area contributed by atoms with Gasteiger partial charge < -0.3 is 10.4 Å². The molecule has 0 aliphatic heterocycles. The van der Waals surface area contributed by atoms with Crippen molar-refractivity contribution in [3.8, 4) is 0 Å². The Morgan fingerprint density at radius 3 is 2.43 bits per heavy atom. The Morgan fingerprint density at radius 2 is 1.83 bits per heavy atom. The molecule has 0 spiro atoms. The fourth-order valence-corrected chi connectivity index (χ4v) is 1.90. The van der Waals surface area contributed by atoms with Crippen LogP contribution in [0.1, 0.15) is 26.3 Å². The summed E-state index contributed by atoms with van der Waals surface area (Å²) in [5.74, 6) is -2.87. The summed E-state index contributed by atoms with van der Waals surface area (Å²) in [6, 6.07) is 6.77. The number of halogens is 1. The monoisotopic (exact) mass is 318 g/mol. The molecule has 1 amide bonds. The number of carbonyl (C=O) groups is 2. The number of amides is 1. The number of carboxylic acid groups (broad SMARTS) is 1. The Balaban J connectivity index is 2.33. The first-order valence-electron chi connectivity index (χ1n) is 6.39. The van der Waals surface area contributed by atoms with Crippen molar-refractivity contribution >= 4 is 23.3 Å². The third-order valence-electron chi connectivity index (χ3n) is 3.13. The highest BCUT2D eigenvalue weighted by Gasteiger charge is 2.17. The number of anilines is 1. The maximum Gasteiger partial charge on any atom is 0.335 e. The van der Waals surface area contributed by atoms with Crippen molar-refractivity contribution < 1.29 is 24.0 Å². The molecule has 0 aliphatic rings. The summed E-state index contributed by atoms with van der Waals surface area (Å²) in [5.41, 5.74) is -0.417. The number of carbonyl (C=O) groups excluding carboxylic acids is 1. The highest BCUT2D eigenvalue weighted by molar-refractivity contribution is 6.05. The molecule has 8 heteroatoms. The minimum atomic E-state index is -1.27. The lowest BCUT2D eigenvalue weighted by Crippen LogP contribution is -2.14. The largest absolute Gasteiger partial charge is 0.478 e. The van der Waals surface area contributed by atoms with E-state index in [0.717, 1.165) is 24.3 Å². The van der Waals surface area contributed by atoms with E-state index in [1.54, 1.807) is 0 Å². The second kappa shape index (κ2) is 6.22. The molecule has 118 valence electrons. The number of rotatable bonds is 4. The topological polar surface area (TPSA) is 110 Å². The lowest BCUT2D eigenvalue weighted by molar-refractivity contribution is -0.385. The van der Waals surface area contributed by atoms with Gasteiger partial charge in [-0.3, -0.25) is 14.9 Å². The normalized spacial score (nSPS) is 10.2. The molecule has 23 heavy (non-hydrogen) atoms. The van der Waals surface area contributed by atoms with Crippen molar-refractivity contribution in [3.63, 3.8) is 0 Å². The number of hydrogen-bond acceptors (Lipinski definition) is 4. The zero-order valence-electron chi connectivity index (χ0n) is 11.9. The average molecular weight is 318 g/mol. The van der Waals surface area contributed by atoms with Gasteiger partial charge in [0.15, 0.2) is 0 Å². The van der Waals surface area contributed by atoms with Gasteiger partial charge in [-0.25, -0.2) is 9.18 Å². The number of nitro groups is 1. The van der Waals surface area contributed by atoms with Gasteiger partial charge in [0, 0.05) is 17.2 Å². The third kappa shape index (κ3) is 3.49. The van der Waals surface area contributed by atoms with Crippen LogP contribution in [0.15, 0.2) is 36.4 Å². The summed E-state index contributed by atoms with van der Waals surface area (Å²) in [7, 11) is 0. The molecule has 2 aromatic rings. The Kier molecular flexibility index (Phi) is 4.35. The van der Waals surface area contributed by atoms with Crippen LogP contribution < -0.4 is 5.32 Å². The number of nitrogens with one attached hydrogen (secondary N) is 1. The van der Waals surface area contributed by atoms with Crippen LogP contribution in [0.25, 0.3) is 0 Å². The number of benzene rings is 2. The predicted molar refractivity (Wildman–Crippen MR) is 79.1 cm³/mol. The molecule has 0 saturated carbocycles. The van der Waals surface area contributed by atoms with E-state index in [0.29, 0.717) is 5.56 Å². The zero-order chi connectivity index (χ0) is 17.1. The van der Waals surface area contributed by atoms with Gasteiger partial charge in [-0.15, -0.1) is 0 Å². The lowest BCUT2D eigenvalue weighted by atomic mass is 10.1.